The summed E-state index contributed by atoms with van der Waals surface area (Å²) in [5.74, 6) is 1.36. The summed E-state index contributed by atoms with van der Waals surface area (Å²) in [6.07, 6.45) is -2.57. The largest absolute Gasteiger partial charge is 0.490 e. The number of alkyl halides is 3. The highest BCUT2D eigenvalue weighted by Gasteiger charge is 2.27. The number of nitrogens with one attached hydrogen (secondary N) is 1. The highest BCUT2D eigenvalue weighted by molar-refractivity contribution is 5.76. The minimum Gasteiger partial charge on any atom is -0.490 e. The van der Waals surface area contributed by atoms with Gasteiger partial charge in [-0.3, -0.25) is 4.79 Å². The third-order valence-corrected chi connectivity index (χ3v) is 4.50. The zero-order valence-corrected chi connectivity index (χ0v) is 16.5. The zero-order valence-electron chi connectivity index (χ0n) is 16.5. The molecule has 1 N–H and O–H groups in total. The molecule has 162 valence electrons. The second-order valence-corrected chi connectivity index (χ2v) is 7.03. The van der Waals surface area contributed by atoms with E-state index in [-0.39, 0.29) is 12.5 Å². The van der Waals surface area contributed by atoms with E-state index in [1.165, 1.54) is 0 Å². The number of hydrogen-bond donors (Lipinski definition) is 1. The van der Waals surface area contributed by atoms with Gasteiger partial charge in [0.05, 0.1) is 19.8 Å². The summed E-state index contributed by atoms with van der Waals surface area (Å²) in [5.41, 5.74) is 2.50. The molecule has 0 saturated heterocycles. The Balaban J connectivity index is 1.40. The third-order valence-electron chi connectivity index (χ3n) is 4.50. The second-order valence-electron chi connectivity index (χ2n) is 7.03. The molecule has 30 heavy (non-hydrogen) atoms. The van der Waals surface area contributed by atoms with Crippen LogP contribution in [0.2, 0.25) is 0 Å². The summed E-state index contributed by atoms with van der Waals surface area (Å²) in [6, 6.07) is 12.6. The fourth-order valence-electron chi connectivity index (χ4n) is 2.95. The summed E-state index contributed by atoms with van der Waals surface area (Å²) < 4.78 is 52.1. The standard InChI is InChI=1S/C22H24F3NO4/c23-22(24,25)15-28-14-18-4-2-17(3-5-18)13-26-21(27)9-7-16-6-8-19-20(12-16)30-11-1-10-29-19/h2-6,8,12H,1,7,9-11,13-15H2,(H,26,27). The van der Waals surface area contributed by atoms with Crippen molar-refractivity contribution in [1.29, 1.82) is 0 Å². The van der Waals surface area contributed by atoms with E-state index in [1.54, 1.807) is 24.3 Å². The predicted molar refractivity (Wildman–Crippen MR) is 104 cm³/mol. The van der Waals surface area contributed by atoms with Crippen molar-refractivity contribution in [3.63, 3.8) is 0 Å². The van der Waals surface area contributed by atoms with E-state index in [0.717, 1.165) is 23.3 Å². The first-order valence-corrected chi connectivity index (χ1v) is 9.76. The van der Waals surface area contributed by atoms with Crippen LogP contribution in [0.1, 0.15) is 29.5 Å². The Labute approximate surface area is 173 Å². The van der Waals surface area contributed by atoms with Gasteiger partial charge in [0.15, 0.2) is 11.5 Å². The third kappa shape index (κ3) is 7.26. The van der Waals surface area contributed by atoms with Crippen LogP contribution in [-0.2, 0) is 29.1 Å². The minimum atomic E-state index is -4.33. The summed E-state index contributed by atoms with van der Waals surface area (Å²) >= 11 is 0. The number of amides is 1. The number of fused-ring (bicyclic) bond motifs is 1. The molecule has 0 bridgehead atoms. The van der Waals surface area contributed by atoms with Gasteiger partial charge in [-0.25, -0.2) is 0 Å². The monoisotopic (exact) mass is 423 g/mol. The van der Waals surface area contributed by atoms with E-state index in [0.29, 0.717) is 43.9 Å². The van der Waals surface area contributed by atoms with Crippen LogP contribution in [0, 0.1) is 0 Å². The number of ether oxygens (including phenoxy) is 3. The van der Waals surface area contributed by atoms with Crippen LogP contribution in [0.25, 0.3) is 0 Å². The number of carbonyl (C=O) groups is 1. The van der Waals surface area contributed by atoms with Crippen molar-refractivity contribution in [3.8, 4) is 11.5 Å². The molecular weight excluding hydrogens is 399 g/mol. The Morgan fingerprint density at radius 3 is 2.37 bits per heavy atom. The number of aryl methyl sites for hydroxylation is 1. The second kappa shape index (κ2) is 10.3. The Morgan fingerprint density at radius 2 is 1.63 bits per heavy atom. The molecule has 0 unspecified atom stereocenters. The number of halogens is 3. The van der Waals surface area contributed by atoms with Crippen molar-refractivity contribution >= 4 is 5.91 Å². The average Bonchev–Trinajstić information content (AvgIpc) is 2.95. The number of carbonyl (C=O) groups excluding carboxylic acids is 1. The van der Waals surface area contributed by atoms with Gasteiger partial charge in [0.2, 0.25) is 5.91 Å². The van der Waals surface area contributed by atoms with Gasteiger partial charge in [-0.15, -0.1) is 0 Å². The van der Waals surface area contributed by atoms with E-state index in [9.17, 15) is 18.0 Å². The Morgan fingerprint density at radius 1 is 0.967 bits per heavy atom. The summed E-state index contributed by atoms with van der Waals surface area (Å²) in [5, 5.41) is 2.85. The fourth-order valence-corrected chi connectivity index (χ4v) is 2.95. The lowest BCUT2D eigenvalue weighted by Crippen LogP contribution is -2.23. The van der Waals surface area contributed by atoms with Gasteiger partial charge in [-0.2, -0.15) is 13.2 Å². The normalized spacial score (nSPS) is 13.6. The van der Waals surface area contributed by atoms with Crippen molar-refractivity contribution in [3.05, 3.63) is 59.2 Å². The number of rotatable bonds is 8. The average molecular weight is 423 g/mol. The first kappa shape index (κ1) is 22.0. The van der Waals surface area contributed by atoms with Gasteiger partial charge in [-0.1, -0.05) is 30.3 Å². The lowest BCUT2D eigenvalue weighted by Gasteiger charge is -2.10. The van der Waals surface area contributed by atoms with Crippen LogP contribution >= 0.6 is 0 Å². The van der Waals surface area contributed by atoms with Crippen molar-refractivity contribution in [1.82, 2.24) is 5.32 Å². The van der Waals surface area contributed by atoms with E-state index < -0.39 is 12.8 Å². The van der Waals surface area contributed by atoms with Crippen LogP contribution in [0.4, 0.5) is 13.2 Å². The molecule has 0 spiro atoms. The summed E-state index contributed by atoms with van der Waals surface area (Å²) in [7, 11) is 0. The number of benzene rings is 2. The molecule has 2 aromatic carbocycles. The Kier molecular flexibility index (Phi) is 7.57. The maximum absolute atomic E-state index is 12.1. The molecule has 8 heteroatoms. The lowest BCUT2D eigenvalue weighted by atomic mass is 10.1. The van der Waals surface area contributed by atoms with Crippen LogP contribution in [0.5, 0.6) is 11.5 Å². The van der Waals surface area contributed by atoms with E-state index in [1.807, 2.05) is 18.2 Å². The van der Waals surface area contributed by atoms with Gasteiger partial charge >= 0.3 is 6.18 Å². The van der Waals surface area contributed by atoms with Gasteiger partial charge in [0, 0.05) is 19.4 Å². The van der Waals surface area contributed by atoms with E-state index in [2.05, 4.69) is 10.1 Å². The fraction of sp³-hybridized carbons (Fsp3) is 0.409. The van der Waals surface area contributed by atoms with Crippen LogP contribution in [-0.4, -0.2) is 31.9 Å². The van der Waals surface area contributed by atoms with Crippen LogP contribution in [0.3, 0.4) is 0 Å². The molecule has 1 amide bonds. The molecule has 5 nitrogen and oxygen atoms in total. The minimum absolute atomic E-state index is 0.0836. The summed E-state index contributed by atoms with van der Waals surface area (Å²) in [6.45, 7) is 0.222. The van der Waals surface area contributed by atoms with Crippen LogP contribution in [0.15, 0.2) is 42.5 Å². The zero-order chi connectivity index (χ0) is 21.4. The smallest absolute Gasteiger partial charge is 0.411 e. The Bertz CT molecular complexity index is 837. The molecule has 0 saturated carbocycles. The van der Waals surface area contributed by atoms with Gasteiger partial charge in [0.1, 0.15) is 6.61 Å². The molecule has 0 aromatic heterocycles. The topological polar surface area (TPSA) is 56.8 Å². The Hall–Kier alpha value is -2.74. The highest BCUT2D eigenvalue weighted by atomic mass is 19.4. The van der Waals surface area contributed by atoms with Gasteiger partial charge < -0.3 is 19.5 Å². The van der Waals surface area contributed by atoms with Crippen molar-refractivity contribution in [2.75, 3.05) is 19.8 Å². The maximum atomic E-state index is 12.1. The molecule has 0 aliphatic carbocycles. The molecule has 1 heterocycles. The molecule has 0 radical (unpaired) electrons. The maximum Gasteiger partial charge on any atom is 0.411 e. The van der Waals surface area contributed by atoms with Crippen molar-refractivity contribution in [2.24, 2.45) is 0 Å². The molecule has 1 aliphatic heterocycles. The quantitative estimate of drug-likeness (QED) is 0.692. The van der Waals surface area contributed by atoms with Crippen LogP contribution < -0.4 is 14.8 Å². The predicted octanol–water partition coefficient (Wildman–Crippen LogP) is 4.18. The molecule has 2 aromatic rings. The molecular formula is C22H24F3NO4. The molecule has 1 aliphatic rings. The SMILES string of the molecule is O=C(CCc1ccc2c(c1)OCCCO2)NCc1ccc(COCC(F)(F)F)cc1. The first-order chi connectivity index (χ1) is 14.4. The molecule has 0 atom stereocenters. The van der Waals surface area contributed by atoms with Crippen molar-refractivity contribution < 1.29 is 32.2 Å². The summed E-state index contributed by atoms with van der Waals surface area (Å²) in [4.78, 5) is 12.1. The first-order valence-electron chi connectivity index (χ1n) is 9.76. The lowest BCUT2D eigenvalue weighted by molar-refractivity contribution is -0.176. The molecule has 0 fully saturated rings. The van der Waals surface area contributed by atoms with Crippen molar-refractivity contribution in [2.45, 2.75) is 38.6 Å². The van der Waals surface area contributed by atoms with E-state index in [4.69, 9.17) is 9.47 Å². The van der Waals surface area contributed by atoms with Gasteiger partial charge in [-0.05, 0) is 35.2 Å². The highest BCUT2D eigenvalue weighted by Crippen LogP contribution is 2.30. The van der Waals surface area contributed by atoms with E-state index >= 15 is 0 Å². The van der Waals surface area contributed by atoms with Gasteiger partial charge in [0.25, 0.3) is 0 Å². The number of hydrogen-bond acceptors (Lipinski definition) is 4. The molecule has 3 rings (SSSR count).